The molecule has 4 aromatic heterocycles. The minimum atomic E-state index is -0.503. The zero-order chi connectivity index (χ0) is 27.3. The Morgan fingerprint density at radius 1 is 1.12 bits per heavy atom. The zero-order valence-corrected chi connectivity index (χ0v) is 22.3. The molecule has 0 saturated heterocycles. The van der Waals surface area contributed by atoms with Gasteiger partial charge in [-0.1, -0.05) is 33.6 Å². The second-order valence-electron chi connectivity index (χ2n) is 10.2. The van der Waals surface area contributed by atoms with Crippen molar-refractivity contribution in [3.05, 3.63) is 98.4 Å². The molecular formula is C28H18Cl2FN7O2. The summed E-state index contributed by atoms with van der Waals surface area (Å²) in [5.74, 6) is 0.557. The van der Waals surface area contributed by atoms with Crippen LogP contribution in [-0.4, -0.2) is 34.7 Å². The number of fused-ring (bicyclic) bond motifs is 4. The van der Waals surface area contributed by atoms with Gasteiger partial charge in [0, 0.05) is 39.2 Å². The largest absolute Gasteiger partial charge is 0.353 e. The van der Waals surface area contributed by atoms with Gasteiger partial charge in [0.1, 0.15) is 5.82 Å². The average Bonchev–Trinajstić information content (AvgIpc) is 3.29. The summed E-state index contributed by atoms with van der Waals surface area (Å²) in [6.07, 6.45) is 4.13. The van der Waals surface area contributed by atoms with Crippen LogP contribution in [0.5, 0.6) is 0 Å². The van der Waals surface area contributed by atoms with Crippen molar-refractivity contribution in [3.63, 3.8) is 0 Å². The normalized spacial score (nSPS) is 19.2. The fraction of sp³-hybridized carbons (Fsp3) is 0.179. The van der Waals surface area contributed by atoms with Crippen LogP contribution in [0.15, 0.2) is 64.2 Å². The lowest BCUT2D eigenvalue weighted by Gasteiger charge is -2.18. The summed E-state index contributed by atoms with van der Waals surface area (Å²) < 4.78 is 23.8. The van der Waals surface area contributed by atoms with Gasteiger partial charge in [-0.3, -0.25) is 4.79 Å². The molecule has 5 heterocycles. The highest BCUT2D eigenvalue weighted by molar-refractivity contribution is 6.31. The van der Waals surface area contributed by atoms with Crippen molar-refractivity contribution in [2.45, 2.75) is 25.3 Å². The standard InChI is InChI=1S/C28H18Cl2FN7O2/c1-12-15-3-4-16(25(31)27(15)40-35-12)20-10-32-28(33-20)26-19-9-18(19)22-6-13(7-24(39)38(22)26)17-8-14(29)2-5-21(17)37-11-23(30)34-36-37/h2-8,10-11,18-19,26H,9H2,1H3,(H,32,33). The number of hydrogen-bond acceptors (Lipinski definition) is 6. The molecule has 3 atom stereocenters. The second-order valence-corrected chi connectivity index (χ2v) is 11.1. The van der Waals surface area contributed by atoms with Crippen LogP contribution in [0.3, 0.4) is 0 Å². The number of pyridine rings is 1. The first kappa shape index (κ1) is 23.6. The Labute approximate surface area is 235 Å². The van der Waals surface area contributed by atoms with E-state index in [4.69, 9.17) is 27.7 Å². The molecule has 1 aliphatic carbocycles. The Hall–Kier alpha value is -4.28. The lowest BCUT2D eigenvalue weighted by Crippen LogP contribution is -2.26. The van der Waals surface area contributed by atoms with E-state index in [1.54, 1.807) is 58.9 Å². The number of imidazole rings is 1. The van der Waals surface area contributed by atoms with Gasteiger partial charge in [0.2, 0.25) is 5.58 Å². The molecule has 0 spiro atoms. The number of nitrogens with one attached hydrogen (secondary N) is 1. The van der Waals surface area contributed by atoms with Crippen LogP contribution >= 0.6 is 23.2 Å². The molecule has 1 aliphatic heterocycles. The van der Waals surface area contributed by atoms with Crippen LogP contribution in [0.2, 0.25) is 10.2 Å². The van der Waals surface area contributed by atoms with Crippen LogP contribution in [0.1, 0.15) is 35.6 Å². The molecule has 0 radical (unpaired) electrons. The van der Waals surface area contributed by atoms with Crippen molar-refractivity contribution in [2.24, 2.45) is 5.92 Å². The number of aryl methyl sites for hydroxylation is 1. The Balaban J connectivity index is 1.20. The third-order valence-electron chi connectivity index (χ3n) is 7.91. The number of halogens is 3. The molecule has 8 rings (SSSR count). The first-order valence-corrected chi connectivity index (χ1v) is 13.4. The van der Waals surface area contributed by atoms with E-state index >= 15 is 4.39 Å². The summed E-state index contributed by atoms with van der Waals surface area (Å²) >= 11 is 12.4. The van der Waals surface area contributed by atoms with E-state index in [-0.39, 0.29) is 34.2 Å². The molecule has 0 amide bonds. The maximum atomic E-state index is 15.3. The molecule has 2 aliphatic rings. The third kappa shape index (κ3) is 3.42. The number of aromatic amines is 1. The van der Waals surface area contributed by atoms with Crippen molar-refractivity contribution < 1.29 is 8.91 Å². The molecule has 2 aromatic carbocycles. The monoisotopic (exact) mass is 573 g/mol. The molecule has 1 saturated carbocycles. The number of aromatic nitrogens is 7. The van der Waals surface area contributed by atoms with Crippen molar-refractivity contribution in [2.75, 3.05) is 0 Å². The SMILES string of the molecule is Cc1noc2c(F)c(-c3cnc(C4C5CC5c5cc(-c6cc(Cl)ccc6-n6cc(Cl)nn6)cc(=O)n54)[nH]3)ccc12. The number of rotatable bonds is 4. The van der Waals surface area contributed by atoms with Crippen LogP contribution in [-0.2, 0) is 0 Å². The maximum Gasteiger partial charge on any atom is 0.252 e. The highest BCUT2D eigenvalue weighted by Crippen LogP contribution is 2.60. The molecule has 9 nitrogen and oxygen atoms in total. The predicted molar refractivity (Wildman–Crippen MR) is 146 cm³/mol. The van der Waals surface area contributed by atoms with Crippen LogP contribution in [0.25, 0.3) is 39.0 Å². The summed E-state index contributed by atoms with van der Waals surface area (Å²) in [5.41, 5.74) is 4.52. The molecule has 40 heavy (non-hydrogen) atoms. The van der Waals surface area contributed by atoms with Gasteiger partial charge in [0.15, 0.2) is 11.0 Å². The van der Waals surface area contributed by atoms with E-state index in [0.29, 0.717) is 38.9 Å². The van der Waals surface area contributed by atoms with Crippen molar-refractivity contribution in [1.29, 1.82) is 0 Å². The van der Waals surface area contributed by atoms with E-state index < -0.39 is 5.82 Å². The van der Waals surface area contributed by atoms with Crippen LogP contribution < -0.4 is 5.56 Å². The fourth-order valence-corrected chi connectivity index (χ4v) is 6.28. The highest BCUT2D eigenvalue weighted by Gasteiger charge is 2.54. The second kappa shape index (κ2) is 8.36. The van der Waals surface area contributed by atoms with Crippen molar-refractivity contribution in [1.82, 2.24) is 34.7 Å². The Kier molecular flexibility index (Phi) is 4.93. The highest BCUT2D eigenvalue weighted by atomic mass is 35.5. The molecule has 3 unspecified atom stereocenters. The van der Waals surface area contributed by atoms with Crippen LogP contribution in [0.4, 0.5) is 4.39 Å². The van der Waals surface area contributed by atoms with Gasteiger partial charge in [0.25, 0.3) is 5.56 Å². The summed E-state index contributed by atoms with van der Waals surface area (Å²) in [7, 11) is 0. The lowest BCUT2D eigenvalue weighted by atomic mass is 10.0. The molecule has 12 heteroatoms. The van der Waals surface area contributed by atoms with E-state index in [2.05, 4.69) is 25.4 Å². The van der Waals surface area contributed by atoms with Gasteiger partial charge in [-0.2, -0.15) is 0 Å². The summed E-state index contributed by atoms with van der Waals surface area (Å²) in [6.45, 7) is 1.77. The first-order chi connectivity index (χ1) is 19.4. The average molecular weight is 574 g/mol. The van der Waals surface area contributed by atoms with E-state index in [1.807, 2.05) is 12.1 Å². The Morgan fingerprint density at radius 3 is 2.83 bits per heavy atom. The van der Waals surface area contributed by atoms with Gasteiger partial charge in [-0.25, -0.2) is 14.1 Å². The van der Waals surface area contributed by atoms with Gasteiger partial charge in [-0.05, 0) is 61.2 Å². The summed E-state index contributed by atoms with van der Waals surface area (Å²) in [6, 6.07) is 12.2. The third-order valence-corrected chi connectivity index (χ3v) is 8.32. The van der Waals surface area contributed by atoms with E-state index in [0.717, 1.165) is 23.2 Å². The van der Waals surface area contributed by atoms with Gasteiger partial charge in [0.05, 0.1) is 35.5 Å². The van der Waals surface area contributed by atoms with Crippen molar-refractivity contribution >= 4 is 34.2 Å². The Bertz CT molecular complexity index is 2060. The summed E-state index contributed by atoms with van der Waals surface area (Å²) in [5, 5.41) is 13.2. The number of H-pyrrole nitrogens is 1. The van der Waals surface area contributed by atoms with Crippen molar-refractivity contribution in [3.8, 4) is 28.1 Å². The fourth-order valence-electron chi connectivity index (χ4n) is 5.99. The van der Waals surface area contributed by atoms with E-state index in [9.17, 15) is 4.79 Å². The molecular weight excluding hydrogens is 556 g/mol. The lowest BCUT2D eigenvalue weighted by molar-refractivity contribution is 0.435. The zero-order valence-electron chi connectivity index (χ0n) is 20.8. The molecule has 1 N–H and O–H groups in total. The van der Waals surface area contributed by atoms with E-state index in [1.165, 1.54) is 0 Å². The number of nitrogens with zero attached hydrogens (tertiary/aromatic N) is 6. The smallest absolute Gasteiger partial charge is 0.252 e. The molecule has 6 aromatic rings. The molecule has 0 bridgehead atoms. The first-order valence-electron chi connectivity index (χ1n) is 12.6. The molecule has 1 fully saturated rings. The number of hydrogen-bond donors (Lipinski definition) is 1. The maximum absolute atomic E-state index is 15.3. The topological polar surface area (TPSA) is 107 Å². The number of benzene rings is 2. The summed E-state index contributed by atoms with van der Waals surface area (Å²) in [4.78, 5) is 21.5. The quantitative estimate of drug-likeness (QED) is 0.273. The Morgan fingerprint density at radius 2 is 2.00 bits per heavy atom. The van der Waals surface area contributed by atoms with Crippen LogP contribution in [0, 0.1) is 18.7 Å². The van der Waals surface area contributed by atoms with Gasteiger partial charge < -0.3 is 14.1 Å². The van der Waals surface area contributed by atoms with Gasteiger partial charge >= 0.3 is 0 Å². The predicted octanol–water partition coefficient (Wildman–Crippen LogP) is 6.09. The van der Waals surface area contributed by atoms with Gasteiger partial charge in [-0.15, -0.1) is 5.10 Å². The molecule has 198 valence electrons. The minimum absolute atomic E-state index is 0.108. The minimum Gasteiger partial charge on any atom is -0.353 e.